The number of fused-ring (bicyclic) bond motifs is 9. The van der Waals surface area contributed by atoms with Crippen molar-refractivity contribution in [2.24, 2.45) is 0 Å². The summed E-state index contributed by atoms with van der Waals surface area (Å²) in [6.07, 6.45) is 1.75. The minimum Gasteiger partial charge on any atom is -0.354 e. The normalized spacial score (nSPS) is 14.0. The maximum atomic E-state index is 3.98. The van der Waals surface area contributed by atoms with Crippen LogP contribution in [0.3, 0.4) is 0 Å². The minimum absolute atomic E-state index is 0.0327. The van der Waals surface area contributed by atoms with Crippen molar-refractivity contribution < 1.29 is 0 Å². The number of nitrogens with one attached hydrogen (secondary N) is 1. The first-order valence-electron chi connectivity index (χ1n) is 15.0. The first-order chi connectivity index (χ1) is 20.6. The molecule has 6 aromatic carbocycles. The highest BCUT2D eigenvalue weighted by Gasteiger charge is 2.36. The van der Waals surface area contributed by atoms with Crippen molar-refractivity contribution in [1.82, 2.24) is 0 Å². The summed E-state index contributed by atoms with van der Waals surface area (Å²) in [6, 6.07) is 49.3. The van der Waals surface area contributed by atoms with Gasteiger partial charge >= 0.3 is 0 Å². The molecule has 0 aliphatic heterocycles. The second-order valence-electron chi connectivity index (χ2n) is 12.2. The monoisotopic (exact) mass is 539 g/mol. The molecular formula is C41H33N. The Bertz CT molecular complexity index is 1990. The Labute approximate surface area is 248 Å². The Balaban J connectivity index is 1.34. The molecule has 0 atom stereocenters. The standard InChI is InChI=1S/C41H33N/c1-41(2)35-21-10-9-20-34(35)40-36(41)22-12-24-38(40)42-37-23-11-16-30-26-28-14-4-7-18-32(28)31-17-6-3-13-27(31)25-29-15-5-8-19-33(29)39(30)37/h3-24,42H,25-26H2,1-2H3. The van der Waals surface area contributed by atoms with Crippen molar-refractivity contribution in [3.8, 4) is 33.4 Å². The zero-order chi connectivity index (χ0) is 28.3. The second kappa shape index (κ2) is 9.60. The summed E-state index contributed by atoms with van der Waals surface area (Å²) in [6.45, 7) is 4.69. The van der Waals surface area contributed by atoms with Crippen molar-refractivity contribution in [2.75, 3.05) is 5.32 Å². The summed E-state index contributed by atoms with van der Waals surface area (Å²) in [5.74, 6) is 0. The Morgan fingerprint density at radius 1 is 0.405 bits per heavy atom. The van der Waals surface area contributed by atoms with Crippen LogP contribution in [0, 0.1) is 0 Å². The summed E-state index contributed by atoms with van der Waals surface area (Å²) in [4.78, 5) is 0. The fraction of sp³-hybridized carbons (Fsp3) is 0.122. The molecule has 0 amide bonds. The van der Waals surface area contributed by atoms with E-state index in [0.717, 1.165) is 18.5 Å². The molecule has 0 radical (unpaired) electrons. The fourth-order valence-electron chi connectivity index (χ4n) is 7.38. The van der Waals surface area contributed by atoms with E-state index in [1.807, 2.05) is 0 Å². The first-order valence-corrected chi connectivity index (χ1v) is 15.0. The van der Waals surface area contributed by atoms with Gasteiger partial charge in [0.25, 0.3) is 0 Å². The van der Waals surface area contributed by atoms with Crippen LogP contribution in [-0.4, -0.2) is 0 Å². The number of anilines is 2. The summed E-state index contributed by atoms with van der Waals surface area (Å²) in [7, 11) is 0. The molecule has 0 spiro atoms. The van der Waals surface area contributed by atoms with Crippen LogP contribution >= 0.6 is 0 Å². The van der Waals surface area contributed by atoms with Crippen molar-refractivity contribution in [2.45, 2.75) is 32.1 Å². The van der Waals surface area contributed by atoms with Crippen molar-refractivity contribution in [1.29, 1.82) is 0 Å². The van der Waals surface area contributed by atoms with Gasteiger partial charge in [0.05, 0.1) is 0 Å². The lowest BCUT2D eigenvalue weighted by Crippen LogP contribution is -2.14. The third kappa shape index (κ3) is 3.84. The zero-order valence-corrected chi connectivity index (χ0v) is 24.1. The predicted octanol–water partition coefficient (Wildman–Crippen LogP) is 10.6. The molecule has 1 nitrogen and oxygen atoms in total. The number of rotatable bonds is 2. The lowest BCUT2D eigenvalue weighted by Gasteiger charge is -2.24. The first kappa shape index (κ1) is 24.9. The van der Waals surface area contributed by atoms with E-state index in [9.17, 15) is 0 Å². The largest absolute Gasteiger partial charge is 0.354 e. The van der Waals surface area contributed by atoms with Gasteiger partial charge in [0.15, 0.2) is 0 Å². The molecular weight excluding hydrogens is 506 g/mol. The van der Waals surface area contributed by atoms with E-state index in [1.165, 1.54) is 72.4 Å². The molecule has 6 aromatic rings. The van der Waals surface area contributed by atoms with E-state index in [0.29, 0.717) is 0 Å². The molecule has 42 heavy (non-hydrogen) atoms. The number of hydrogen-bond donors (Lipinski definition) is 1. The van der Waals surface area contributed by atoms with Crippen LogP contribution in [0.4, 0.5) is 11.4 Å². The van der Waals surface area contributed by atoms with Gasteiger partial charge in [-0.3, -0.25) is 0 Å². The average Bonchev–Trinajstić information content (AvgIpc) is 3.26. The third-order valence-electron chi connectivity index (χ3n) is 9.40. The van der Waals surface area contributed by atoms with Crippen LogP contribution in [0.25, 0.3) is 33.4 Å². The molecule has 1 heteroatoms. The molecule has 0 heterocycles. The summed E-state index contributed by atoms with van der Waals surface area (Å²) in [5.41, 5.74) is 18.4. The average molecular weight is 540 g/mol. The SMILES string of the molecule is CC1(C)c2ccccc2-c2c(Nc3cccc4c3-c3ccccc3Cc3ccccc3-c3ccccc3C4)cccc21. The second-order valence-corrected chi connectivity index (χ2v) is 12.2. The maximum Gasteiger partial charge on any atom is 0.0467 e. The number of hydrogen-bond acceptors (Lipinski definition) is 1. The van der Waals surface area contributed by atoms with Crippen molar-refractivity contribution in [3.05, 3.63) is 167 Å². The molecule has 0 unspecified atom stereocenters. The smallest absolute Gasteiger partial charge is 0.0467 e. The minimum atomic E-state index is -0.0327. The zero-order valence-electron chi connectivity index (χ0n) is 24.1. The van der Waals surface area contributed by atoms with Gasteiger partial charge in [-0.15, -0.1) is 0 Å². The van der Waals surface area contributed by atoms with E-state index in [4.69, 9.17) is 0 Å². The molecule has 2 aliphatic rings. The van der Waals surface area contributed by atoms with Crippen LogP contribution < -0.4 is 5.32 Å². The molecule has 2 aliphatic carbocycles. The highest BCUT2D eigenvalue weighted by molar-refractivity contribution is 5.94. The molecule has 8 rings (SSSR count). The third-order valence-corrected chi connectivity index (χ3v) is 9.40. The van der Waals surface area contributed by atoms with E-state index >= 15 is 0 Å². The number of benzene rings is 6. The molecule has 0 bridgehead atoms. The van der Waals surface area contributed by atoms with Crippen LogP contribution in [-0.2, 0) is 18.3 Å². The van der Waals surface area contributed by atoms with Crippen LogP contribution in [0.15, 0.2) is 133 Å². The van der Waals surface area contributed by atoms with Crippen molar-refractivity contribution in [3.63, 3.8) is 0 Å². The highest BCUT2D eigenvalue weighted by Crippen LogP contribution is 2.52. The molecule has 0 fully saturated rings. The Kier molecular flexibility index (Phi) is 5.69. The van der Waals surface area contributed by atoms with E-state index in [1.54, 1.807) is 0 Å². The fourth-order valence-corrected chi connectivity index (χ4v) is 7.38. The molecule has 0 saturated carbocycles. The Morgan fingerprint density at radius 2 is 0.857 bits per heavy atom. The van der Waals surface area contributed by atoms with E-state index in [-0.39, 0.29) is 5.41 Å². The summed E-state index contributed by atoms with van der Waals surface area (Å²) < 4.78 is 0. The molecule has 0 saturated heterocycles. The van der Waals surface area contributed by atoms with Gasteiger partial charge < -0.3 is 5.32 Å². The maximum absolute atomic E-state index is 3.98. The lowest BCUT2D eigenvalue weighted by atomic mass is 9.82. The highest BCUT2D eigenvalue weighted by atomic mass is 14.9. The molecule has 1 N–H and O–H groups in total. The van der Waals surface area contributed by atoms with Gasteiger partial charge in [-0.25, -0.2) is 0 Å². The van der Waals surface area contributed by atoms with Gasteiger partial charge in [-0.1, -0.05) is 135 Å². The van der Waals surface area contributed by atoms with Gasteiger partial charge in [0.2, 0.25) is 0 Å². The van der Waals surface area contributed by atoms with Gasteiger partial charge in [0.1, 0.15) is 0 Å². The summed E-state index contributed by atoms with van der Waals surface area (Å²) >= 11 is 0. The van der Waals surface area contributed by atoms with Gasteiger partial charge in [-0.05, 0) is 80.6 Å². The summed E-state index contributed by atoms with van der Waals surface area (Å²) in [5, 5.41) is 3.98. The Morgan fingerprint density at radius 3 is 1.55 bits per heavy atom. The van der Waals surface area contributed by atoms with E-state index < -0.39 is 0 Å². The van der Waals surface area contributed by atoms with Gasteiger partial charge in [0, 0.05) is 27.9 Å². The Hall–Kier alpha value is -4.88. The lowest BCUT2D eigenvalue weighted by molar-refractivity contribution is 0.660. The molecule has 202 valence electrons. The van der Waals surface area contributed by atoms with Gasteiger partial charge in [-0.2, -0.15) is 0 Å². The van der Waals surface area contributed by atoms with Crippen molar-refractivity contribution >= 4 is 11.4 Å². The molecule has 0 aromatic heterocycles. The predicted molar refractivity (Wildman–Crippen MR) is 177 cm³/mol. The topological polar surface area (TPSA) is 12.0 Å². The van der Waals surface area contributed by atoms with Crippen LogP contribution in [0.2, 0.25) is 0 Å². The van der Waals surface area contributed by atoms with Crippen LogP contribution in [0.1, 0.15) is 47.2 Å². The quantitative estimate of drug-likeness (QED) is 0.230. The van der Waals surface area contributed by atoms with E-state index in [2.05, 4.69) is 153 Å². The van der Waals surface area contributed by atoms with Crippen LogP contribution in [0.5, 0.6) is 0 Å².